The number of aliphatic hydroxyl groups is 1. The van der Waals surface area contributed by atoms with Crippen LogP contribution in [0.15, 0.2) is 11.0 Å². The zero-order chi connectivity index (χ0) is 14.0. The Balaban J connectivity index is 2.81. The van der Waals surface area contributed by atoms with E-state index in [1.807, 2.05) is 27.7 Å². The molecule has 1 aromatic rings. The highest BCUT2D eigenvalue weighted by Gasteiger charge is 2.23. The summed E-state index contributed by atoms with van der Waals surface area (Å²) in [6.45, 7) is 7.95. The highest BCUT2D eigenvalue weighted by atomic mass is 32.2. The average molecular weight is 291 g/mol. The third-order valence-electron chi connectivity index (χ3n) is 2.81. The monoisotopic (exact) mass is 291 g/mol. The number of nitrogens with one attached hydrogen (secondary N) is 1. The van der Waals surface area contributed by atoms with Gasteiger partial charge in [0.1, 0.15) is 0 Å². The van der Waals surface area contributed by atoms with Gasteiger partial charge in [-0.15, -0.1) is 11.3 Å². The van der Waals surface area contributed by atoms with Crippen molar-refractivity contribution in [2.75, 3.05) is 13.2 Å². The molecule has 1 heterocycles. The van der Waals surface area contributed by atoms with Crippen LogP contribution in [0.25, 0.3) is 0 Å². The van der Waals surface area contributed by atoms with Crippen molar-refractivity contribution in [2.24, 2.45) is 5.41 Å². The first-order chi connectivity index (χ1) is 8.18. The van der Waals surface area contributed by atoms with E-state index >= 15 is 0 Å². The summed E-state index contributed by atoms with van der Waals surface area (Å²) in [7, 11) is -3.44. The zero-order valence-electron chi connectivity index (χ0n) is 11.3. The lowest BCUT2D eigenvalue weighted by Crippen LogP contribution is -2.34. The van der Waals surface area contributed by atoms with Crippen LogP contribution in [-0.4, -0.2) is 26.7 Å². The summed E-state index contributed by atoms with van der Waals surface area (Å²) in [5.41, 5.74) is -0.249. The van der Waals surface area contributed by atoms with E-state index in [0.717, 1.165) is 9.75 Å². The predicted octanol–water partition coefficient (Wildman–Crippen LogP) is 2.05. The molecule has 0 fully saturated rings. The van der Waals surface area contributed by atoms with Gasteiger partial charge in [0, 0.05) is 22.9 Å². The minimum Gasteiger partial charge on any atom is -0.396 e. The molecule has 0 aliphatic rings. The van der Waals surface area contributed by atoms with Crippen LogP contribution in [0.4, 0.5) is 0 Å². The van der Waals surface area contributed by atoms with E-state index in [0.29, 0.717) is 17.9 Å². The molecule has 1 rings (SSSR count). The van der Waals surface area contributed by atoms with Crippen LogP contribution in [0.2, 0.25) is 0 Å². The molecular weight excluding hydrogens is 270 g/mol. The van der Waals surface area contributed by atoms with Crippen molar-refractivity contribution in [3.05, 3.63) is 15.8 Å². The van der Waals surface area contributed by atoms with Gasteiger partial charge in [0.05, 0.1) is 4.90 Å². The second-order valence-corrected chi connectivity index (χ2v) is 8.44. The Morgan fingerprint density at radius 1 is 1.39 bits per heavy atom. The van der Waals surface area contributed by atoms with Crippen molar-refractivity contribution in [1.29, 1.82) is 0 Å². The SMILES string of the molecule is Cc1cc(S(=O)(=O)NCC(C)(C)CCO)c(C)s1. The molecule has 0 aromatic carbocycles. The summed E-state index contributed by atoms with van der Waals surface area (Å²) in [6.07, 6.45) is 0.567. The average Bonchev–Trinajstić information content (AvgIpc) is 2.56. The molecule has 0 aliphatic heterocycles. The Labute approximate surface area is 113 Å². The van der Waals surface area contributed by atoms with Crippen molar-refractivity contribution in [3.63, 3.8) is 0 Å². The number of aliphatic hydroxyl groups excluding tert-OH is 1. The molecule has 18 heavy (non-hydrogen) atoms. The van der Waals surface area contributed by atoms with Crippen LogP contribution in [0.3, 0.4) is 0 Å². The Morgan fingerprint density at radius 2 is 2.00 bits per heavy atom. The number of thiophene rings is 1. The molecule has 0 spiro atoms. The third-order valence-corrected chi connectivity index (χ3v) is 5.44. The van der Waals surface area contributed by atoms with E-state index in [2.05, 4.69) is 4.72 Å². The van der Waals surface area contributed by atoms with Crippen molar-refractivity contribution in [2.45, 2.75) is 39.0 Å². The zero-order valence-corrected chi connectivity index (χ0v) is 12.9. The lowest BCUT2D eigenvalue weighted by molar-refractivity contribution is 0.213. The Morgan fingerprint density at radius 3 is 2.44 bits per heavy atom. The normalized spacial score (nSPS) is 12.9. The van der Waals surface area contributed by atoms with Gasteiger partial charge in [-0.3, -0.25) is 0 Å². The first-order valence-electron chi connectivity index (χ1n) is 5.85. The second-order valence-electron chi connectivity index (χ2n) is 5.24. The van der Waals surface area contributed by atoms with Crippen molar-refractivity contribution in [3.8, 4) is 0 Å². The van der Waals surface area contributed by atoms with E-state index in [1.165, 1.54) is 11.3 Å². The molecule has 0 radical (unpaired) electrons. The third kappa shape index (κ3) is 4.05. The van der Waals surface area contributed by atoms with Gasteiger partial charge in [0.2, 0.25) is 10.0 Å². The van der Waals surface area contributed by atoms with Gasteiger partial charge in [0.15, 0.2) is 0 Å². The fraction of sp³-hybridized carbons (Fsp3) is 0.667. The molecule has 4 nitrogen and oxygen atoms in total. The Hall–Kier alpha value is -0.430. The van der Waals surface area contributed by atoms with Gasteiger partial charge < -0.3 is 5.11 Å². The van der Waals surface area contributed by atoms with Crippen molar-refractivity contribution in [1.82, 2.24) is 4.72 Å². The van der Waals surface area contributed by atoms with Gasteiger partial charge in [-0.25, -0.2) is 13.1 Å². The number of hydrogen-bond acceptors (Lipinski definition) is 4. The fourth-order valence-electron chi connectivity index (χ4n) is 1.63. The van der Waals surface area contributed by atoms with Crippen LogP contribution >= 0.6 is 11.3 Å². The summed E-state index contributed by atoms with van der Waals surface area (Å²) < 4.78 is 26.9. The summed E-state index contributed by atoms with van der Waals surface area (Å²) in [4.78, 5) is 2.16. The predicted molar refractivity (Wildman–Crippen MR) is 74.5 cm³/mol. The highest BCUT2D eigenvalue weighted by Crippen LogP contribution is 2.26. The largest absolute Gasteiger partial charge is 0.396 e. The summed E-state index contributed by atoms with van der Waals surface area (Å²) >= 11 is 1.48. The van der Waals surface area contributed by atoms with E-state index in [-0.39, 0.29) is 12.0 Å². The molecule has 0 amide bonds. The number of rotatable bonds is 6. The minimum atomic E-state index is -3.44. The van der Waals surface area contributed by atoms with Gasteiger partial charge in [-0.1, -0.05) is 13.8 Å². The maximum Gasteiger partial charge on any atom is 0.241 e. The summed E-state index contributed by atoms with van der Waals surface area (Å²) in [5, 5.41) is 8.92. The molecule has 0 saturated carbocycles. The quantitative estimate of drug-likeness (QED) is 0.843. The van der Waals surface area contributed by atoms with Crippen LogP contribution in [0, 0.1) is 19.3 Å². The molecule has 2 N–H and O–H groups in total. The van der Waals surface area contributed by atoms with Crippen LogP contribution in [0.1, 0.15) is 30.0 Å². The highest BCUT2D eigenvalue weighted by molar-refractivity contribution is 7.89. The fourth-order valence-corrected chi connectivity index (χ4v) is 4.43. The van der Waals surface area contributed by atoms with Crippen LogP contribution in [0.5, 0.6) is 0 Å². The van der Waals surface area contributed by atoms with E-state index in [9.17, 15) is 8.42 Å². The number of aryl methyl sites for hydroxylation is 2. The summed E-state index contributed by atoms with van der Waals surface area (Å²) in [6, 6.07) is 1.70. The number of sulfonamides is 1. The standard InChI is InChI=1S/C12H21NO3S2/c1-9-7-11(10(2)17-9)18(15,16)13-8-12(3,4)5-6-14/h7,13-14H,5-6,8H2,1-4H3. The lowest BCUT2D eigenvalue weighted by atomic mass is 9.90. The molecular formula is C12H21NO3S2. The van der Waals surface area contributed by atoms with Gasteiger partial charge in [-0.05, 0) is 31.7 Å². The molecule has 104 valence electrons. The van der Waals surface area contributed by atoms with Crippen molar-refractivity contribution >= 4 is 21.4 Å². The molecule has 0 unspecified atom stereocenters. The molecule has 0 atom stereocenters. The summed E-state index contributed by atoms with van der Waals surface area (Å²) in [5.74, 6) is 0. The van der Waals surface area contributed by atoms with Crippen LogP contribution in [-0.2, 0) is 10.0 Å². The van der Waals surface area contributed by atoms with Crippen LogP contribution < -0.4 is 4.72 Å². The van der Waals surface area contributed by atoms with E-state index in [4.69, 9.17) is 5.11 Å². The van der Waals surface area contributed by atoms with Gasteiger partial charge in [-0.2, -0.15) is 0 Å². The minimum absolute atomic E-state index is 0.0608. The van der Waals surface area contributed by atoms with E-state index in [1.54, 1.807) is 6.07 Å². The first kappa shape index (κ1) is 15.6. The van der Waals surface area contributed by atoms with Crippen molar-refractivity contribution < 1.29 is 13.5 Å². The lowest BCUT2D eigenvalue weighted by Gasteiger charge is -2.23. The first-order valence-corrected chi connectivity index (χ1v) is 8.15. The second kappa shape index (κ2) is 5.69. The molecule has 0 saturated heterocycles. The maximum absolute atomic E-state index is 12.2. The Bertz CT molecular complexity index is 503. The van der Waals surface area contributed by atoms with Gasteiger partial charge >= 0.3 is 0 Å². The molecule has 1 aromatic heterocycles. The Kier molecular flexibility index (Phi) is 4.94. The number of hydrogen-bond donors (Lipinski definition) is 2. The molecule has 0 aliphatic carbocycles. The van der Waals surface area contributed by atoms with E-state index < -0.39 is 10.0 Å². The molecule has 0 bridgehead atoms. The topological polar surface area (TPSA) is 66.4 Å². The maximum atomic E-state index is 12.2. The smallest absolute Gasteiger partial charge is 0.241 e. The molecule has 6 heteroatoms. The van der Waals surface area contributed by atoms with Gasteiger partial charge in [0.25, 0.3) is 0 Å².